The van der Waals surface area contributed by atoms with Crippen LogP contribution in [-0.2, 0) is 11.3 Å². The number of amides is 1. The molecular formula is C25H21FN6O2. The Morgan fingerprint density at radius 3 is 2.76 bits per heavy atom. The monoisotopic (exact) mass is 456 g/mol. The van der Waals surface area contributed by atoms with Crippen molar-refractivity contribution in [3.63, 3.8) is 0 Å². The Morgan fingerprint density at radius 2 is 2.00 bits per heavy atom. The van der Waals surface area contributed by atoms with Gasteiger partial charge in [-0.05, 0) is 30.3 Å². The molecule has 0 bridgehead atoms. The quantitative estimate of drug-likeness (QED) is 0.376. The second-order valence-electron chi connectivity index (χ2n) is 7.74. The number of nitrogens with two attached hydrogens (primary N) is 1. The second-order valence-corrected chi connectivity index (χ2v) is 7.74. The summed E-state index contributed by atoms with van der Waals surface area (Å²) in [5.74, 6) is -0.672. The zero-order valence-corrected chi connectivity index (χ0v) is 18.1. The molecule has 0 aliphatic carbocycles. The molecule has 3 N–H and O–H groups in total. The van der Waals surface area contributed by atoms with Gasteiger partial charge in [0.05, 0.1) is 16.6 Å². The summed E-state index contributed by atoms with van der Waals surface area (Å²) in [6.45, 7) is 4.37. The first-order valence-corrected chi connectivity index (χ1v) is 10.6. The van der Waals surface area contributed by atoms with Crippen molar-refractivity contribution in [2.24, 2.45) is 0 Å². The van der Waals surface area contributed by atoms with Gasteiger partial charge < -0.3 is 24.9 Å². The number of para-hydroxylation sites is 1. The summed E-state index contributed by atoms with van der Waals surface area (Å²) in [6.07, 6.45) is 6.22. The topological polar surface area (TPSA) is 102 Å². The number of phenolic OH excluding ortho intramolecular Hbond substituents is 1. The number of nitrogen functional groups attached to an aromatic ring is 1. The van der Waals surface area contributed by atoms with Crippen LogP contribution < -0.4 is 10.6 Å². The van der Waals surface area contributed by atoms with Crippen molar-refractivity contribution in [3.05, 3.63) is 85.7 Å². The van der Waals surface area contributed by atoms with Crippen molar-refractivity contribution in [3.8, 4) is 11.4 Å². The lowest BCUT2D eigenvalue weighted by molar-refractivity contribution is -0.114. The predicted molar refractivity (Wildman–Crippen MR) is 129 cm³/mol. The van der Waals surface area contributed by atoms with Gasteiger partial charge in [0.15, 0.2) is 0 Å². The van der Waals surface area contributed by atoms with Crippen LogP contribution in [0.4, 0.5) is 15.9 Å². The Morgan fingerprint density at radius 1 is 1.21 bits per heavy atom. The first-order valence-electron chi connectivity index (χ1n) is 10.6. The van der Waals surface area contributed by atoms with Crippen LogP contribution in [0.25, 0.3) is 27.6 Å². The van der Waals surface area contributed by atoms with Gasteiger partial charge in [0.1, 0.15) is 29.4 Å². The van der Waals surface area contributed by atoms with Crippen molar-refractivity contribution in [2.45, 2.75) is 6.54 Å². The molecule has 34 heavy (non-hydrogen) atoms. The number of benzene rings is 2. The van der Waals surface area contributed by atoms with E-state index < -0.39 is 5.82 Å². The third kappa shape index (κ3) is 3.53. The highest BCUT2D eigenvalue weighted by atomic mass is 19.1. The van der Waals surface area contributed by atoms with E-state index in [1.807, 2.05) is 41.1 Å². The van der Waals surface area contributed by atoms with Gasteiger partial charge in [-0.2, -0.15) is 0 Å². The number of halogens is 1. The molecule has 2 aromatic carbocycles. The van der Waals surface area contributed by atoms with Gasteiger partial charge in [-0.25, -0.2) is 14.4 Å². The fraction of sp³-hybridized carbons (Fsp3) is 0.0800. The number of carbonyl (C=O) groups excluding carboxylic acids is 1. The minimum Gasteiger partial charge on any atom is -0.506 e. The number of hydrogen-bond acceptors (Lipinski definition) is 5. The van der Waals surface area contributed by atoms with Gasteiger partial charge in [0.25, 0.3) is 0 Å². The highest BCUT2D eigenvalue weighted by molar-refractivity contribution is 6.01. The third-order valence-corrected chi connectivity index (χ3v) is 5.72. The van der Waals surface area contributed by atoms with Gasteiger partial charge in [-0.3, -0.25) is 4.79 Å². The zero-order chi connectivity index (χ0) is 23.8. The van der Waals surface area contributed by atoms with Crippen LogP contribution >= 0.6 is 0 Å². The predicted octanol–water partition coefficient (Wildman–Crippen LogP) is 4.02. The maximum Gasteiger partial charge on any atom is 0.250 e. The van der Waals surface area contributed by atoms with Crippen molar-refractivity contribution in [2.75, 3.05) is 17.2 Å². The average Bonchev–Trinajstić information content (AvgIpc) is 3.42. The van der Waals surface area contributed by atoms with Gasteiger partial charge >= 0.3 is 0 Å². The van der Waals surface area contributed by atoms with Gasteiger partial charge in [0.2, 0.25) is 5.91 Å². The van der Waals surface area contributed by atoms with E-state index in [2.05, 4.69) is 16.5 Å². The third-order valence-electron chi connectivity index (χ3n) is 5.72. The van der Waals surface area contributed by atoms with Gasteiger partial charge in [0, 0.05) is 42.6 Å². The maximum atomic E-state index is 13.8. The van der Waals surface area contributed by atoms with Crippen LogP contribution in [0.1, 0.15) is 0 Å². The number of aromatic hydroxyl groups is 1. The van der Waals surface area contributed by atoms with Crippen LogP contribution in [0.3, 0.4) is 0 Å². The Hall–Kier alpha value is -4.66. The molecule has 1 amide bonds. The molecule has 0 saturated carbocycles. The lowest BCUT2D eigenvalue weighted by atomic mass is 10.2. The van der Waals surface area contributed by atoms with E-state index in [1.54, 1.807) is 21.7 Å². The molecule has 0 atom stereocenters. The number of phenols is 1. The number of hydrogen-bond donors (Lipinski definition) is 2. The number of carbonyl (C=O) groups is 1. The molecule has 3 aromatic heterocycles. The molecule has 0 aliphatic rings. The first kappa shape index (κ1) is 21.2. The normalized spacial score (nSPS) is 11.2. The first-order chi connectivity index (χ1) is 16.5. The standard InChI is InChI=1S/C25H21FN6O2/c1-2-21(34)31(18-6-4-3-5-7-18)11-10-30-14-19(22-24(27)28-15-29-25(22)30)32-9-8-16-12-17(26)13-20(33)23(16)32/h2-9,12-15,33H,1,10-11H2,(H2,27,28,29). The summed E-state index contributed by atoms with van der Waals surface area (Å²) in [5, 5.41) is 11.6. The molecule has 0 radical (unpaired) electrons. The Bertz CT molecular complexity index is 1540. The van der Waals surface area contributed by atoms with E-state index in [0.29, 0.717) is 40.7 Å². The SMILES string of the molecule is C=CC(=O)N(CCn1cc(-n2ccc3cc(F)cc(O)c32)c2c(N)ncnc21)c1ccccc1. The minimum atomic E-state index is -0.527. The van der Waals surface area contributed by atoms with E-state index in [0.717, 1.165) is 11.8 Å². The molecule has 9 heteroatoms. The Labute approximate surface area is 194 Å². The van der Waals surface area contributed by atoms with Crippen LogP contribution in [0.2, 0.25) is 0 Å². The molecule has 0 saturated heterocycles. The highest BCUT2D eigenvalue weighted by Crippen LogP contribution is 2.34. The van der Waals surface area contributed by atoms with E-state index in [1.165, 1.54) is 18.5 Å². The summed E-state index contributed by atoms with van der Waals surface area (Å²) in [7, 11) is 0. The van der Waals surface area contributed by atoms with E-state index >= 15 is 0 Å². The summed E-state index contributed by atoms with van der Waals surface area (Å²) in [6, 6.07) is 13.4. The lowest BCUT2D eigenvalue weighted by Crippen LogP contribution is -2.32. The van der Waals surface area contributed by atoms with E-state index in [9.17, 15) is 14.3 Å². The van der Waals surface area contributed by atoms with Crippen LogP contribution in [0, 0.1) is 5.82 Å². The average molecular weight is 456 g/mol. The smallest absolute Gasteiger partial charge is 0.250 e. The molecule has 0 spiro atoms. The largest absolute Gasteiger partial charge is 0.506 e. The van der Waals surface area contributed by atoms with E-state index in [-0.39, 0.29) is 17.5 Å². The van der Waals surface area contributed by atoms with Crippen molar-refractivity contribution >= 4 is 39.3 Å². The summed E-state index contributed by atoms with van der Waals surface area (Å²) < 4.78 is 17.4. The van der Waals surface area contributed by atoms with E-state index in [4.69, 9.17) is 5.73 Å². The minimum absolute atomic E-state index is 0.192. The van der Waals surface area contributed by atoms with Crippen molar-refractivity contribution < 1.29 is 14.3 Å². The Balaban J connectivity index is 1.60. The van der Waals surface area contributed by atoms with Crippen LogP contribution in [0.15, 0.2) is 79.9 Å². The van der Waals surface area contributed by atoms with Gasteiger partial charge in [-0.15, -0.1) is 0 Å². The molecule has 5 aromatic rings. The summed E-state index contributed by atoms with van der Waals surface area (Å²) in [4.78, 5) is 22.7. The molecule has 170 valence electrons. The molecule has 5 rings (SSSR count). The van der Waals surface area contributed by atoms with Crippen molar-refractivity contribution in [1.29, 1.82) is 0 Å². The number of aromatic nitrogens is 4. The lowest BCUT2D eigenvalue weighted by Gasteiger charge is -2.21. The number of nitrogens with zero attached hydrogens (tertiary/aromatic N) is 5. The fourth-order valence-electron chi connectivity index (χ4n) is 4.20. The van der Waals surface area contributed by atoms with Gasteiger partial charge in [-0.1, -0.05) is 24.8 Å². The molecular weight excluding hydrogens is 435 g/mol. The zero-order valence-electron chi connectivity index (χ0n) is 18.1. The van der Waals surface area contributed by atoms with Crippen LogP contribution in [0.5, 0.6) is 5.75 Å². The van der Waals surface area contributed by atoms with Crippen LogP contribution in [-0.4, -0.2) is 36.7 Å². The summed E-state index contributed by atoms with van der Waals surface area (Å²) >= 11 is 0. The number of fused-ring (bicyclic) bond motifs is 2. The summed E-state index contributed by atoms with van der Waals surface area (Å²) in [5.41, 5.74) is 8.62. The fourth-order valence-corrected chi connectivity index (χ4v) is 4.20. The maximum absolute atomic E-state index is 13.8. The van der Waals surface area contributed by atoms with Crippen molar-refractivity contribution in [1.82, 2.24) is 19.1 Å². The Kier molecular flexibility index (Phi) is 5.21. The number of rotatable bonds is 6. The molecule has 0 unspecified atom stereocenters. The molecule has 8 nitrogen and oxygen atoms in total. The second kappa shape index (κ2) is 8.36. The number of anilines is 2. The highest BCUT2D eigenvalue weighted by Gasteiger charge is 2.20. The molecule has 0 fully saturated rings. The molecule has 0 aliphatic heterocycles. The molecule has 3 heterocycles.